The molecule has 0 amide bonds. The highest BCUT2D eigenvalue weighted by Crippen LogP contribution is 2.53. The van der Waals surface area contributed by atoms with Crippen LogP contribution in [0.25, 0.3) is 0 Å². The minimum absolute atomic E-state index is 0.0168. The molecule has 1 unspecified atom stereocenters. The second-order valence-corrected chi connectivity index (χ2v) is 5.37. The van der Waals surface area contributed by atoms with E-state index in [0.29, 0.717) is 0 Å². The van der Waals surface area contributed by atoms with E-state index in [-0.39, 0.29) is 17.6 Å². The Morgan fingerprint density at radius 3 is 2.44 bits per heavy atom. The minimum atomic E-state index is -0.323. The average molecular weight is 218 g/mol. The van der Waals surface area contributed by atoms with Crippen molar-refractivity contribution in [2.45, 2.75) is 44.3 Å². The Labute approximate surface area is 95.9 Å². The summed E-state index contributed by atoms with van der Waals surface area (Å²) >= 11 is 0. The third kappa shape index (κ3) is 1.40. The maximum atomic E-state index is 10.5. The predicted octanol–water partition coefficient (Wildman–Crippen LogP) is 2.20. The summed E-state index contributed by atoms with van der Waals surface area (Å²) in [6.07, 6.45) is 4.08. The molecular weight excluding hydrogens is 200 g/mol. The smallest absolute Gasteiger partial charge is 0.0852 e. The molecule has 0 saturated heterocycles. The summed E-state index contributed by atoms with van der Waals surface area (Å²) in [6.45, 7) is 0. The largest absolute Gasteiger partial charge is 0.393 e. The molecule has 0 aliphatic heterocycles. The van der Waals surface area contributed by atoms with E-state index >= 15 is 0 Å². The van der Waals surface area contributed by atoms with Crippen LogP contribution in [0.1, 0.15) is 42.9 Å². The number of hydrogen-bond acceptors (Lipinski definition) is 2. The van der Waals surface area contributed by atoms with Gasteiger partial charge in [-0.25, -0.2) is 0 Å². The zero-order chi connectivity index (χ0) is 11.2. The van der Waals surface area contributed by atoms with Crippen LogP contribution in [-0.2, 0) is 6.42 Å². The second kappa shape index (κ2) is 3.57. The molecule has 1 aromatic rings. The maximum Gasteiger partial charge on any atom is 0.0852 e. The van der Waals surface area contributed by atoms with Gasteiger partial charge in [-0.3, -0.25) is 0 Å². The zero-order valence-electron chi connectivity index (χ0n) is 9.39. The molecule has 2 aliphatic rings. The standard InChI is InChI=1S/C14H18O2/c15-11-5-7-14(8-6-11)9-10-3-1-2-4-12(10)13(14)16/h1-4,11,13,15-16H,5-9H2. The van der Waals surface area contributed by atoms with Crippen molar-refractivity contribution in [2.24, 2.45) is 5.41 Å². The molecule has 1 fully saturated rings. The lowest BCUT2D eigenvalue weighted by Crippen LogP contribution is -2.33. The van der Waals surface area contributed by atoms with Gasteiger partial charge in [-0.15, -0.1) is 0 Å². The van der Waals surface area contributed by atoms with Crippen molar-refractivity contribution < 1.29 is 10.2 Å². The average Bonchev–Trinajstić information content (AvgIpc) is 2.58. The van der Waals surface area contributed by atoms with Crippen molar-refractivity contribution in [1.29, 1.82) is 0 Å². The molecule has 1 spiro atoms. The van der Waals surface area contributed by atoms with E-state index in [4.69, 9.17) is 0 Å². The lowest BCUT2D eigenvalue weighted by Gasteiger charge is -2.38. The molecular formula is C14H18O2. The van der Waals surface area contributed by atoms with Gasteiger partial charge >= 0.3 is 0 Å². The monoisotopic (exact) mass is 218 g/mol. The molecule has 2 nitrogen and oxygen atoms in total. The van der Waals surface area contributed by atoms with E-state index in [0.717, 1.165) is 37.7 Å². The number of aliphatic hydroxyl groups excluding tert-OH is 2. The Balaban J connectivity index is 1.91. The SMILES string of the molecule is OC1CCC2(CC1)Cc1ccccc1C2O. The Hall–Kier alpha value is -0.860. The summed E-state index contributed by atoms with van der Waals surface area (Å²) in [5, 5.41) is 20.0. The molecule has 1 atom stereocenters. The van der Waals surface area contributed by atoms with Crippen molar-refractivity contribution in [3.05, 3.63) is 35.4 Å². The molecule has 0 aromatic heterocycles. The quantitative estimate of drug-likeness (QED) is 0.701. The summed E-state index contributed by atoms with van der Waals surface area (Å²) < 4.78 is 0. The molecule has 1 aromatic carbocycles. The van der Waals surface area contributed by atoms with Crippen LogP contribution in [-0.4, -0.2) is 16.3 Å². The zero-order valence-corrected chi connectivity index (χ0v) is 9.39. The summed E-state index contributed by atoms with van der Waals surface area (Å²) in [5.74, 6) is 0. The molecule has 16 heavy (non-hydrogen) atoms. The van der Waals surface area contributed by atoms with Crippen molar-refractivity contribution in [3.8, 4) is 0 Å². The molecule has 2 aliphatic carbocycles. The van der Waals surface area contributed by atoms with Gasteiger partial charge in [0.05, 0.1) is 12.2 Å². The Bertz CT molecular complexity index is 391. The van der Waals surface area contributed by atoms with E-state index in [2.05, 4.69) is 6.07 Å². The normalized spacial score (nSPS) is 37.6. The van der Waals surface area contributed by atoms with Crippen LogP contribution in [0.5, 0.6) is 0 Å². The summed E-state index contributed by atoms with van der Waals surface area (Å²) in [5.41, 5.74) is 2.42. The number of aliphatic hydroxyl groups is 2. The molecule has 2 N–H and O–H groups in total. The van der Waals surface area contributed by atoms with E-state index in [1.807, 2.05) is 18.2 Å². The molecule has 0 bridgehead atoms. The van der Waals surface area contributed by atoms with E-state index < -0.39 is 0 Å². The number of rotatable bonds is 0. The van der Waals surface area contributed by atoms with E-state index in [1.54, 1.807) is 0 Å². The minimum Gasteiger partial charge on any atom is -0.393 e. The molecule has 3 rings (SSSR count). The topological polar surface area (TPSA) is 40.5 Å². The molecule has 0 radical (unpaired) electrons. The highest BCUT2D eigenvalue weighted by molar-refractivity contribution is 5.37. The summed E-state index contributed by atoms with van der Waals surface area (Å²) in [6, 6.07) is 8.21. The predicted molar refractivity (Wildman–Crippen MR) is 62.0 cm³/mol. The third-order valence-electron chi connectivity index (χ3n) is 4.42. The molecule has 0 heterocycles. The Morgan fingerprint density at radius 1 is 1.06 bits per heavy atom. The van der Waals surface area contributed by atoms with Crippen LogP contribution in [0.4, 0.5) is 0 Å². The number of fused-ring (bicyclic) bond motifs is 1. The van der Waals surface area contributed by atoms with Crippen LogP contribution < -0.4 is 0 Å². The third-order valence-corrected chi connectivity index (χ3v) is 4.42. The fourth-order valence-electron chi connectivity index (χ4n) is 3.40. The van der Waals surface area contributed by atoms with Gasteiger partial charge in [0.25, 0.3) is 0 Å². The highest BCUT2D eigenvalue weighted by Gasteiger charge is 2.46. The first kappa shape index (κ1) is 10.3. The first-order valence-electron chi connectivity index (χ1n) is 6.15. The van der Waals surface area contributed by atoms with Crippen LogP contribution in [0.3, 0.4) is 0 Å². The van der Waals surface area contributed by atoms with E-state index in [1.165, 1.54) is 5.56 Å². The number of hydrogen-bond donors (Lipinski definition) is 2. The number of benzene rings is 1. The van der Waals surface area contributed by atoms with Crippen LogP contribution in [0, 0.1) is 5.41 Å². The van der Waals surface area contributed by atoms with Gasteiger partial charge in [0, 0.05) is 5.41 Å². The molecule has 1 saturated carbocycles. The van der Waals surface area contributed by atoms with Gasteiger partial charge in [-0.2, -0.15) is 0 Å². The molecule has 2 heteroatoms. The van der Waals surface area contributed by atoms with Gasteiger partial charge in [0.2, 0.25) is 0 Å². The highest BCUT2D eigenvalue weighted by atomic mass is 16.3. The lowest BCUT2D eigenvalue weighted by atomic mass is 9.70. The van der Waals surface area contributed by atoms with Crippen LogP contribution in [0.2, 0.25) is 0 Å². The summed E-state index contributed by atoms with van der Waals surface area (Å²) in [4.78, 5) is 0. The van der Waals surface area contributed by atoms with Crippen molar-refractivity contribution in [2.75, 3.05) is 0 Å². The van der Waals surface area contributed by atoms with Gasteiger partial charge in [-0.05, 0) is 43.2 Å². The van der Waals surface area contributed by atoms with Crippen LogP contribution in [0.15, 0.2) is 24.3 Å². The van der Waals surface area contributed by atoms with Crippen LogP contribution >= 0.6 is 0 Å². The fourth-order valence-corrected chi connectivity index (χ4v) is 3.40. The first-order chi connectivity index (χ1) is 7.71. The molecule has 86 valence electrons. The summed E-state index contributed by atoms with van der Waals surface area (Å²) in [7, 11) is 0. The first-order valence-corrected chi connectivity index (χ1v) is 6.15. The second-order valence-electron chi connectivity index (χ2n) is 5.37. The Morgan fingerprint density at radius 2 is 1.75 bits per heavy atom. The maximum absolute atomic E-state index is 10.5. The van der Waals surface area contributed by atoms with Gasteiger partial charge < -0.3 is 10.2 Å². The lowest BCUT2D eigenvalue weighted by molar-refractivity contribution is -0.0221. The van der Waals surface area contributed by atoms with Gasteiger partial charge in [0.15, 0.2) is 0 Å². The van der Waals surface area contributed by atoms with Crippen molar-refractivity contribution >= 4 is 0 Å². The van der Waals surface area contributed by atoms with Crippen molar-refractivity contribution in [1.82, 2.24) is 0 Å². The van der Waals surface area contributed by atoms with Gasteiger partial charge in [-0.1, -0.05) is 24.3 Å². The Kier molecular flexibility index (Phi) is 2.30. The van der Waals surface area contributed by atoms with E-state index in [9.17, 15) is 10.2 Å². The fraction of sp³-hybridized carbons (Fsp3) is 0.571. The van der Waals surface area contributed by atoms with Gasteiger partial charge in [0.1, 0.15) is 0 Å². The van der Waals surface area contributed by atoms with Crippen molar-refractivity contribution in [3.63, 3.8) is 0 Å².